The van der Waals surface area contributed by atoms with Crippen LogP contribution >= 0.6 is 11.3 Å². The smallest absolute Gasteiger partial charge is 0.330 e. The van der Waals surface area contributed by atoms with Crippen LogP contribution in [0.1, 0.15) is 38.7 Å². The van der Waals surface area contributed by atoms with Crippen molar-refractivity contribution in [2.24, 2.45) is 5.92 Å². The number of esters is 1. The van der Waals surface area contributed by atoms with E-state index >= 15 is 0 Å². The maximum Gasteiger partial charge on any atom is 0.330 e. The molecule has 0 amide bonds. The fourth-order valence-electron chi connectivity index (χ4n) is 3.48. The molecule has 1 atom stereocenters. The summed E-state index contributed by atoms with van der Waals surface area (Å²) in [5.74, 6) is 1.42. The first kappa shape index (κ1) is 23.9. The number of hydrogen-bond donors (Lipinski definition) is 0. The molecule has 0 fully saturated rings. The van der Waals surface area contributed by atoms with Gasteiger partial charge in [-0.15, -0.1) is 11.3 Å². The molecule has 0 saturated heterocycles. The molecule has 3 aromatic rings. The second kappa shape index (κ2) is 11.7. The Bertz CT molecular complexity index is 1050. The van der Waals surface area contributed by atoms with Gasteiger partial charge >= 0.3 is 5.97 Å². The number of carbonyl (C=O) groups is 1. The molecule has 0 bridgehead atoms. The van der Waals surface area contributed by atoms with Crippen LogP contribution < -0.4 is 9.47 Å². The number of methoxy groups -OCH3 is 1. The lowest BCUT2D eigenvalue weighted by molar-refractivity contribution is -0.139. The predicted octanol–water partition coefficient (Wildman–Crippen LogP) is 7.05. The Morgan fingerprint density at radius 2 is 1.97 bits per heavy atom. The second-order valence-corrected chi connectivity index (χ2v) is 9.14. The highest BCUT2D eigenvalue weighted by Crippen LogP contribution is 2.40. The first-order valence-corrected chi connectivity index (χ1v) is 12.0. The Kier molecular flexibility index (Phi) is 8.74. The Morgan fingerprint density at radius 3 is 2.72 bits per heavy atom. The van der Waals surface area contributed by atoms with Crippen LogP contribution in [-0.2, 0) is 16.0 Å². The highest BCUT2D eigenvalue weighted by Gasteiger charge is 2.12. The Morgan fingerprint density at radius 1 is 1.12 bits per heavy atom. The third kappa shape index (κ3) is 6.36. The maximum atomic E-state index is 11.2. The van der Waals surface area contributed by atoms with Crippen LogP contribution in [0.15, 0.2) is 55.1 Å². The van der Waals surface area contributed by atoms with E-state index in [0.29, 0.717) is 13.2 Å². The summed E-state index contributed by atoms with van der Waals surface area (Å²) in [6.07, 6.45) is 5.95. The highest BCUT2D eigenvalue weighted by molar-refractivity contribution is 7.22. The van der Waals surface area contributed by atoms with Crippen molar-refractivity contribution in [1.82, 2.24) is 0 Å². The van der Waals surface area contributed by atoms with Gasteiger partial charge < -0.3 is 14.2 Å². The van der Waals surface area contributed by atoms with Gasteiger partial charge in [-0.3, -0.25) is 0 Å². The summed E-state index contributed by atoms with van der Waals surface area (Å²) in [5, 5.41) is 1.18. The lowest BCUT2D eigenvalue weighted by Gasteiger charge is -2.13. The molecule has 0 saturated carbocycles. The molecular formula is C27H32O4S. The summed E-state index contributed by atoms with van der Waals surface area (Å²) in [7, 11) is 1.74. The molecule has 1 heterocycles. The number of unbranched alkanes of at least 4 members (excludes halogenated alkanes) is 2. The number of benzene rings is 2. The van der Waals surface area contributed by atoms with E-state index in [9.17, 15) is 4.79 Å². The molecule has 2 aromatic carbocycles. The molecule has 0 spiro atoms. The monoisotopic (exact) mass is 452 g/mol. The molecule has 0 aliphatic heterocycles. The van der Waals surface area contributed by atoms with E-state index in [1.54, 1.807) is 18.4 Å². The minimum Gasteiger partial charge on any atom is -0.496 e. The van der Waals surface area contributed by atoms with E-state index in [4.69, 9.17) is 14.2 Å². The maximum absolute atomic E-state index is 11.2. The van der Waals surface area contributed by atoms with Gasteiger partial charge in [0, 0.05) is 27.1 Å². The average Bonchev–Trinajstić information content (AvgIpc) is 3.24. The summed E-state index contributed by atoms with van der Waals surface area (Å²) < 4.78 is 17.9. The molecule has 0 aliphatic rings. The summed E-state index contributed by atoms with van der Waals surface area (Å²) in [6.45, 7) is 8.39. The standard InChI is InChI=1S/C27H32O4S/c1-5-7-8-9-20-10-13-23(24(14-20)29-4)26-15-21-11-12-22(16-25(21)32-26)30-17-19(3)18-31-27(28)6-2/h6,10-16,19H,2,5,7-9,17-18H2,1,3-4H3. The molecule has 0 aliphatic carbocycles. The van der Waals surface area contributed by atoms with E-state index in [1.165, 1.54) is 41.2 Å². The highest BCUT2D eigenvalue weighted by atomic mass is 32.1. The number of fused-ring (bicyclic) bond motifs is 1. The van der Waals surface area contributed by atoms with Gasteiger partial charge in [-0.25, -0.2) is 4.79 Å². The largest absolute Gasteiger partial charge is 0.496 e. The van der Waals surface area contributed by atoms with Crippen molar-refractivity contribution in [3.8, 4) is 21.9 Å². The molecule has 3 rings (SSSR count). The van der Waals surface area contributed by atoms with Crippen LogP contribution in [-0.4, -0.2) is 26.3 Å². The SMILES string of the molecule is C=CC(=O)OCC(C)COc1ccc2cc(-c3ccc(CCCCC)cc3OC)sc2c1. The van der Waals surface area contributed by atoms with Crippen LogP contribution in [0.2, 0.25) is 0 Å². The topological polar surface area (TPSA) is 44.8 Å². The van der Waals surface area contributed by atoms with E-state index < -0.39 is 5.97 Å². The van der Waals surface area contributed by atoms with E-state index in [0.717, 1.165) is 28.2 Å². The normalized spacial score (nSPS) is 11.8. The van der Waals surface area contributed by atoms with Crippen LogP contribution in [0.25, 0.3) is 20.5 Å². The molecular weight excluding hydrogens is 420 g/mol. The van der Waals surface area contributed by atoms with E-state index in [1.807, 2.05) is 13.0 Å². The molecule has 1 unspecified atom stereocenters. The van der Waals surface area contributed by atoms with Gasteiger partial charge in [-0.1, -0.05) is 39.3 Å². The van der Waals surface area contributed by atoms with E-state index in [2.05, 4.69) is 49.9 Å². The number of aryl methyl sites for hydroxylation is 1. The third-order valence-corrected chi connectivity index (χ3v) is 6.43. The summed E-state index contributed by atoms with van der Waals surface area (Å²) in [5.41, 5.74) is 2.44. The summed E-state index contributed by atoms with van der Waals surface area (Å²) >= 11 is 1.73. The fourth-order valence-corrected chi connectivity index (χ4v) is 4.60. The van der Waals surface area contributed by atoms with E-state index in [-0.39, 0.29) is 5.92 Å². The van der Waals surface area contributed by atoms with Crippen molar-refractivity contribution < 1.29 is 19.0 Å². The van der Waals surface area contributed by atoms with Crippen LogP contribution in [0.3, 0.4) is 0 Å². The van der Waals surface area contributed by atoms with Crippen LogP contribution in [0, 0.1) is 5.92 Å². The molecule has 4 nitrogen and oxygen atoms in total. The molecule has 0 N–H and O–H groups in total. The van der Waals surface area contributed by atoms with Gasteiger partial charge in [-0.05, 0) is 60.2 Å². The Labute approximate surface area is 194 Å². The van der Waals surface area contributed by atoms with Crippen molar-refractivity contribution in [2.45, 2.75) is 39.5 Å². The quantitative estimate of drug-likeness (QED) is 0.168. The summed E-state index contributed by atoms with van der Waals surface area (Å²) in [6, 6.07) is 14.9. The first-order valence-electron chi connectivity index (χ1n) is 11.2. The molecule has 5 heteroatoms. The fraction of sp³-hybridized carbons (Fsp3) is 0.370. The van der Waals surface area contributed by atoms with Crippen LogP contribution in [0.4, 0.5) is 0 Å². The zero-order chi connectivity index (χ0) is 22.9. The number of ether oxygens (including phenoxy) is 3. The number of carbonyl (C=O) groups excluding carboxylic acids is 1. The molecule has 0 radical (unpaired) electrons. The lowest BCUT2D eigenvalue weighted by Crippen LogP contribution is -2.16. The van der Waals surface area contributed by atoms with Gasteiger partial charge in [0.05, 0.1) is 20.3 Å². The van der Waals surface area contributed by atoms with Gasteiger partial charge in [0.25, 0.3) is 0 Å². The predicted molar refractivity (Wildman–Crippen MR) is 133 cm³/mol. The molecule has 32 heavy (non-hydrogen) atoms. The van der Waals surface area contributed by atoms with Crippen molar-refractivity contribution in [3.63, 3.8) is 0 Å². The second-order valence-electron chi connectivity index (χ2n) is 8.05. The van der Waals surface area contributed by atoms with Gasteiger partial charge in [0.2, 0.25) is 0 Å². The third-order valence-electron chi connectivity index (χ3n) is 5.30. The Hall–Kier alpha value is -2.79. The minimum atomic E-state index is -0.409. The zero-order valence-electron chi connectivity index (χ0n) is 19.2. The van der Waals surface area contributed by atoms with Crippen molar-refractivity contribution in [2.75, 3.05) is 20.3 Å². The number of thiophene rings is 1. The van der Waals surface area contributed by atoms with Gasteiger partial charge in [0.15, 0.2) is 0 Å². The average molecular weight is 453 g/mol. The van der Waals surface area contributed by atoms with Crippen molar-refractivity contribution in [1.29, 1.82) is 0 Å². The Balaban J connectivity index is 1.70. The zero-order valence-corrected chi connectivity index (χ0v) is 20.0. The van der Waals surface area contributed by atoms with Crippen molar-refractivity contribution >= 4 is 27.4 Å². The van der Waals surface area contributed by atoms with Gasteiger partial charge in [-0.2, -0.15) is 0 Å². The van der Waals surface area contributed by atoms with Crippen LogP contribution in [0.5, 0.6) is 11.5 Å². The molecule has 1 aromatic heterocycles. The minimum absolute atomic E-state index is 0.0913. The van der Waals surface area contributed by atoms with Crippen molar-refractivity contribution in [3.05, 3.63) is 60.7 Å². The molecule has 170 valence electrons. The summed E-state index contributed by atoms with van der Waals surface area (Å²) in [4.78, 5) is 12.4. The first-order chi connectivity index (χ1) is 15.5. The van der Waals surface area contributed by atoms with Gasteiger partial charge in [0.1, 0.15) is 11.5 Å². The lowest BCUT2D eigenvalue weighted by atomic mass is 10.0. The number of rotatable bonds is 12. The number of hydrogen-bond acceptors (Lipinski definition) is 5.